The Balaban J connectivity index is 2.32. The number of carboxylic acid groups (broad SMARTS) is 1. The first-order chi connectivity index (χ1) is 10.5. The predicted octanol–water partition coefficient (Wildman–Crippen LogP) is 1.47. The molecule has 0 aliphatic carbocycles. The molecule has 7 heteroatoms. The maximum absolute atomic E-state index is 12.0. The summed E-state index contributed by atoms with van der Waals surface area (Å²) in [5.74, 6) is 0.526. The molecule has 0 saturated heterocycles. The normalized spacial score (nSPS) is 10.3. The quantitative estimate of drug-likeness (QED) is 0.838. The highest BCUT2D eigenvalue weighted by Crippen LogP contribution is 2.30. The zero-order valence-electron chi connectivity index (χ0n) is 12.3. The van der Waals surface area contributed by atoms with Gasteiger partial charge in [-0.2, -0.15) is 0 Å². The molecule has 2 rings (SSSR count). The summed E-state index contributed by atoms with van der Waals surface area (Å²) in [4.78, 5) is 29.3. The highest BCUT2D eigenvalue weighted by molar-refractivity contribution is 5.67. The molecule has 0 atom stereocenters. The van der Waals surface area contributed by atoms with Crippen molar-refractivity contribution in [2.75, 3.05) is 14.2 Å². The van der Waals surface area contributed by atoms with Gasteiger partial charge in [-0.05, 0) is 24.6 Å². The van der Waals surface area contributed by atoms with E-state index in [1.807, 2.05) is 0 Å². The molecule has 2 aromatic rings. The number of H-pyrrole nitrogens is 1. The Labute approximate surface area is 126 Å². The summed E-state index contributed by atoms with van der Waals surface area (Å²) >= 11 is 0. The molecule has 2 N–H and O–H groups in total. The molecular formula is C15H16N2O5. The molecule has 0 aliphatic rings. The van der Waals surface area contributed by atoms with E-state index < -0.39 is 5.97 Å². The number of aryl methyl sites for hydroxylation is 1. The van der Waals surface area contributed by atoms with Crippen LogP contribution in [-0.2, 0) is 11.2 Å². The maximum atomic E-state index is 12.0. The number of hydrogen-bond donors (Lipinski definition) is 2. The number of rotatable bonds is 6. The zero-order chi connectivity index (χ0) is 16.1. The third-order valence-electron chi connectivity index (χ3n) is 3.14. The number of hydrogen-bond acceptors (Lipinski definition) is 5. The van der Waals surface area contributed by atoms with Gasteiger partial charge < -0.3 is 19.6 Å². The monoisotopic (exact) mass is 304 g/mol. The van der Waals surface area contributed by atoms with Crippen molar-refractivity contribution in [2.24, 2.45) is 0 Å². The van der Waals surface area contributed by atoms with E-state index in [9.17, 15) is 9.59 Å². The molecule has 0 radical (unpaired) electrons. The van der Waals surface area contributed by atoms with E-state index >= 15 is 0 Å². The van der Waals surface area contributed by atoms with Crippen LogP contribution in [0.1, 0.15) is 12.0 Å². The Morgan fingerprint density at radius 1 is 1.27 bits per heavy atom. The topological polar surface area (TPSA) is 102 Å². The number of methoxy groups -OCH3 is 2. The van der Waals surface area contributed by atoms with Gasteiger partial charge in [-0.3, -0.25) is 9.59 Å². The van der Waals surface area contributed by atoms with Gasteiger partial charge in [0.05, 0.1) is 14.2 Å². The van der Waals surface area contributed by atoms with Gasteiger partial charge in [0.25, 0.3) is 5.56 Å². The summed E-state index contributed by atoms with van der Waals surface area (Å²) in [6, 6.07) is 5.16. The van der Waals surface area contributed by atoms with Crippen LogP contribution in [-0.4, -0.2) is 35.3 Å². The van der Waals surface area contributed by atoms with E-state index in [1.165, 1.54) is 20.4 Å². The van der Waals surface area contributed by atoms with Crippen LogP contribution >= 0.6 is 0 Å². The molecule has 7 nitrogen and oxygen atoms in total. The minimum atomic E-state index is -0.955. The average molecular weight is 304 g/mol. The molecule has 0 saturated carbocycles. The standard InChI is InChI=1S/C15H16N2O5/c1-21-11-5-3-9(7-12(11)22-2)14-16-8-10(15(20)17-14)4-6-13(18)19/h3,5,7-8H,4,6H2,1-2H3,(H,18,19)(H,16,17,20). The summed E-state index contributed by atoms with van der Waals surface area (Å²) in [6.45, 7) is 0. The Morgan fingerprint density at radius 3 is 2.59 bits per heavy atom. The summed E-state index contributed by atoms with van der Waals surface area (Å²) < 4.78 is 10.4. The molecule has 116 valence electrons. The largest absolute Gasteiger partial charge is 0.493 e. The fraction of sp³-hybridized carbons (Fsp3) is 0.267. The summed E-state index contributed by atoms with van der Waals surface area (Å²) in [5, 5.41) is 8.65. The van der Waals surface area contributed by atoms with Gasteiger partial charge in [-0.1, -0.05) is 0 Å². The molecule has 0 unspecified atom stereocenters. The Morgan fingerprint density at radius 2 is 2.00 bits per heavy atom. The van der Waals surface area contributed by atoms with Crippen molar-refractivity contribution in [3.63, 3.8) is 0 Å². The minimum absolute atomic E-state index is 0.111. The van der Waals surface area contributed by atoms with E-state index in [0.29, 0.717) is 28.5 Å². The molecule has 1 aromatic heterocycles. The Hall–Kier alpha value is -2.83. The van der Waals surface area contributed by atoms with Crippen LogP contribution in [0, 0.1) is 0 Å². The molecular weight excluding hydrogens is 288 g/mol. The van der Waals surface area contributed by atoms with Gasteiger partial charge in [-0.15, -0.1) is 0 Å². The van der Waals surface area contributed by atoms with E-state index in [4.69, 9.17) is 14.6 Å². The Bertz CT molecular complexity index is 739. The molecule has 22 heavy (non-hydrogen) atoms. The maximum Gasteiger partial charge on any atom is 0.303 e. The van der Waals surface area contributed by atoms with E-state index in [0.717, 1.165) is 0 Å². The number of aromatic amines is 1. The van der Waals surface area contributed by atoms with Crippen LogP contribution in [0.4, 0.5) is 0 Å². The number of carbonyl (C=O) groups is 1. The molecule has 0 aliphatic heterocycles. The van der Waals surface area contributed by atoms with E-state index in [-0.39, 0.29) is 18.4 Å². The molecule has 1 heterocycles. The number of carboxylic acids is 1. The van der Waals surface area contributed by atoms with Crippen molar-refractivity contribution in [3.8, 4) is 22.9 Å². The molecule has 1 aromatic carbocycles. The third-order valence-corrected chi connectivity index (χ3v) is 3.14. The van der Waals surface area contributed by atoms with Gasteiger partial charge in [-0.25, -0.2) is 4.98 Å². The van der Waals surface area contributed by atoms with Crippen molar-refractivity contribution < 1.29 is 19.4 Å². The number of nitrogens with zero attached hydrogens (tertiary/aromatic N) is 1. The van der Waals surface area contributed by atoms with Crippen molar-refractivity contribution in [2.45, 2.75) is 12.8 Å². The Kier molecular flexibility index (Phi) is 4.77. The third kappa shape index (κ3) is 3.43. The molecule has 0 bridgehead atoms. The van der Waals surface area contributed by atoms with Crippen LogP contribution in [0.15, 0.2) is 29.2 Å². The van der Waals surface area contributed by atoms with Gasteiger partial charge in [0, 0.05) is 23.7 Å². The van der Waals surface area contributed by atoms with Crippen LogP contribution in [0.3, 0.4) is 0 Å². The van der Waals surface area contributed by atoms with Gasteiger partial charge in [0.2, 0.25) is 0 Å². The number of benzene rings is 1. The van der Waals surface area contributed by atoms with Crippen molar-refractivity contribution >= 4 is 5.97 Å². The fourth-order valence-corrected chi connectivity index (χ4v) is 1.97. The second-order valence-electron chi connectivity index (χ2n) is 4.55. The fourth-order valence-electron chi connectivity index (χ4n) is 1.97. The predicted molar refractivity (Wildman–Crippen MR) is 79.4 cm³/mol. The first-order valence-corrected chi connectivity index (χ1v) is 6.57. The van der Waals surface area contributed by atoms with Crippen molar-refractivity contribution in [1.29, 1.82) is 0 Å². The lowest BCUT2D eigenvalue weighted by Gasteiger charge is -2.09. The van der Waals surface area contributed by atoms with Gasteiger partial charge in [0.1, 0.15) is 5.82 Å². The highest BCUT2D eigenvalue weighted by atomic mass is 16.5. The summed E-state index contributed by atoms with van der Waals surface area (Å²) in [6.07, 6.45) is 1.43. The minimum Gasteiger partial charge on any atom is -0.493 e. The van der Waals surface area contributed by atoms with Crippen LogP contribution in [0.5, 0.6) is 11.5 Å². The number of nitrogens with one attached hydrogen (secondary N) is 1. The number of aromatic nitrogens is 2. The lowest BCUT2D eigenvalue weighted by atomic mass is 10.1. The summed E-state index contributed by atoms with van der Waals surface area (Å²) in [5.41, 5.74) is 0.659. The first kappa shape index (κ1) is 15.6. The van der Waals surface area contributed by atoms with Crippen LogP contribution in [0.25, 0.3) is 11.4 Å². The van der Waals surface area contributed by atoms with E-state index in [1.54, 1.807) is 18.2 Å². The lowest BCUT2D eigenvalue weighted by Crippen LogP contribution is -2.15. The highest BCUT2D eigenvalue weighted by Gasteiger charge is 2.10. The second-order valence-corrected chi connectivity index (χ2v) is 4.55. The zero-order valence-corrected chi connectivity index (χ0v) is 12.3. The number of aliphatic carboxylic acids is 1. The first-order valence-electron chi connectivity index (χ1n) is 6.57. The number of ether oxygens (including phenoxy) is 2. The van der Waals surface area contributed by atoms with E-state index in [2.05, 4.69) is 9.97 Å². The van der Waals surface area contributed by atoms with Gasteiger partial charge in [0.15, 0.2) is 11.5 Å². The second kappa shape index (κ2) is 6.75. The smallest absolute Gasteiger partial charge is 0.303 e. The SMILES string of the molecule is COc1ccc(-c2ncc(CCC(=O)O)c(=O)[nH]2)cc1OC. The summed E-state index contributed by atoms with van der Waals surface area (Å²) in [7, 11) is 3.06. The van der Waals surface area contributed by atoms with Gasteiger partial charge >= 0.3 is 5.97 Å². The molecule has 0 spiro atoms. The average Bonchev–Trinajstić information content (AvgIpc) is 2.52. The molecule has 0 amide bonds. The lowest BCUT2D eigenvalue weighted by molar-refractivity contribution is -0.136. The van der Waals surface area contributed by atoms with Crippen LogP contribution in [0.2, 0.25) is 0 Å². The van der Waals surface area contributed by atoms with Crippen molar-refractivity contribution in [1.82, 2.24) is 9.97 Å². The molecule has 0 fully saturated rings. The van der Waals surface area contributed by atoms with Crippen LogP contribution < -0.4 is 15.0 Å². The van der Waals surface area contributed by atoms with Crippen molar-refractivity contribution in [3.05, 3.63) is 40.3 Å².